The molecule has 166 valence electrons. The average Bonchev–Trinajstić information content (AvgIpc) is 3.21. The van der Waals surface area contributed by atoms with Crippen LogP contribution in [0.2, 0.25) is 0 Å². The maximum atomic E-state index is 12.6. The van der Waals surface area contributed by atoms with E-state index in [1.165, 1.54) is 22.9 Å². The molecule has 0 aromatic heterocycles. The Labute approximate surface area is 196 Å². The fourth-order valence-corrected chi connectivity index (χ4v) is 4.44. The largest absolute Gasteiger partial charge is 0.454 e. The van der Waals surface area contributed by atoms with Crippen molar-refractivity contribution in [3.8, 4) is 11.5 Å². The highest BCUT2D eigenvalue weighted by molar-refractivity contribution is 8.14. The molecule has 0 radical (unpaired) electrons. The van der Waals surface area contributed by atoms with Gasteiger partial charge in [-0.2, -0.15) is 0 Å². The van der Waals surface area contributed by atoms with E-state index >= 15 is 0 Å². The zero-order valence-corrected chi connectivity index (χ0v) is 19.2. The Balaban J connectivity index is 1.35. The molecule has 2 heterocycles. The van der Waals surface area contributed by atoms with Crippen LogP contribution < -0.4 is 14.8 Å². The number of fused-ring (bicyclic) bond motifs is 2. The van der Waals surface area contributed by atoms with Crippen molar-refractivity contribution in [2.75, 3.05) is 17.9 Å². The highest BCUT2D eigenvalue weighted by Gasteiger charge is 2.18. The van der Waals surface area contributed by atoms with Gasteiger partial charge in [0.25, 0.3) is 0 Å². The van der Waals surface area contributed by atoms with Gasteiger partial charge in [0.1, 0.15) is 0 Å². The van der Waals surface area contributed by atoms with E-state index in [1.807, 2.05) is 18.2 Å². The van der Waals surface area contributed by atoms with Crippen LogP contribution >= 0.6 is 11.8 Å². The molecular formula is C26H23N3O3S. The van der Waals surface area contributed by atoms with Crippen molar-refractivity contribution >= 4 is 45.5 Å². The quantitative estimate of drug-likeness (QED) is 0.525. The molecule has 5 rings (SSSR count). The van der Waals surface area contributed by atoms with Crippen LogP contribution in [-0.2, 0) is 4.79 Å². The minimum atomic E-state index is -0.107. The first-order valence-corrected chi connectivity index (χ1v) is 11.7. The second-order valence-electron chi connectivity index (χ2n) is 7.94. The van der Waals surface area contributed by atoms with Crippen molar-refractivity contribution < 1.29 is 14.3 Å². The normalized spacial score (nSPS) is 14.1. The van der Waals surface area contributed by atoms with E-state index in [2.05, 4.69) is 43.4 Å². The molecule has 0 atom stereocenters. The summed E-state index contributed by atoms with van der Waals surface area (Å²) in [5.41, 5.74) is 6.72. The molecule has 0 unspecified atom stereocenters. The predicted molar refractivity (Wildman–Crippen MR) is 134 cm³/mol. The number of carbonyl (C=O) groups is 1. The Hall–Kier alpha value is -3.58. The molecule has 0 aliphatic carbocycles. The topological polar surface area (TPSA) is 72.3 Å². The van der Waals surface area contributed by atoms with Crippen molar-refractivity contribution in [2.45, 2.75) is 20.3 Å². The number of nitrogens with one attached hydrogen (secondary N) is 1. The molecule has 2 aliphatic heterocycles. The van der Waals surface area contributed by atoms with Crippen molar-refractivity contribution in [3.63, 3.8) is 0 Å². The number of hydrogen-bond donors (Lipinski definition) is 1. The minimum absolute atomic E-state index is 0.107. The van der Waals surface area contributed by atoms with Crippen LogP contribution in [0.15, 0.2) is 70.6 Å². The van der Waals surface area contributed by atoms with E-state index in [4.69, 9.17) is 19.5 Å². The number of thioether (sulfide) groups is 1. The molecule has 0 fully saturated rings. The summed E-state index contributed by atoms with van der Waals surface area (Å²) in [6.45, 7) is 4.36. The van der Waals surface area contributed by atoms with E-state index < -0.39 is 0 Å². The number of ether oxygens (including phenoxy) is 2. The van der Waals surface area contributed by atoms with Crippen LogP contribution in [-0.4, -0.2) is 29.2 Å². The number of amides is 1. The Kier molecular flexibility index (Phi) is 5.88. The molecule has 2 aliphatic rings. The number of anilines is 1. The third kappa shape index (κ3) is 4.78. The molecule has 6 nitrogen and oxygen atoms in total. The Bertz CT molecular complexity index is 1290. The van der Waals surface area contributed by atoms with E-state index in [0.29, 0.717) is 23.6 Å². The fraction of sp³-hybridized carbons (Fsp3) is 0.192. The van der Waals surface area contributed by atoms with Gasteiger partial charge in [0.2, 0.25) is 12.7 Å². The molecule has 7 heteroatoms. The summed E-state index contributed by atoms with van der Waals surface area (Å²) in [5.74, 6) is 1.46. The molecule has 0 saturated heterocycles. The second kappa shape index (κ2) is 9.11. The van der Waals surface area contributed by atoms with Crippen LogP contribution in [0.4, 0.5) is 17.1 Å². The van der Waals surface area contributed by atoms with E-state index in [1.54, 1.807) is 18.2 Å². The van der Waals surface area contributed by atoms with Gasteiger partial charge in [-0.1, -0.05) is 30.3 Å². The van der Waals surface area contributed by atoms with Gasteiger partial charge in [-0.05, 0) is 54.8 Å². The van der Waals surface area contributed by atoms with Crippen LogP contribution in [0.1, 0.15) is 23.1 Å². The third-order valence-electron chi connectivity index (χ3n) is 5.54. The summed E-state index contributed by atoms with van der Waals surface area (Å²) in [7, 11) is 0. The van der Waals surface area contributed by atoms with Crippen LogP contribution in [0.3, 0.4) is 0 Å². The number of nitrogens with zero attached hydrogens (tertiary/aromatic N) is 2. The summed E-state index contributed by atoms with van der Waals surface area (Å²) >= 11 is 1.44. The number of carbonyl (C=O) groups excluding carboxylic acids is 1. The van der Waals surface area contributed by atoms with Gasteiger partial charge in [0.15, 0.2) is 11.5 Å². The highest BCUT2D eigenvalue weighted by atomic mass is 32.2. The van der Waals surface area contributed by atoms with Crippen molar-refractivity contribution in [3.05, 3.63) is 77.4 Å². The minimum Gasteiger partial charge on any atom is -0.454 e. The summed E-state index contributed by atoms with van der Waals surface area (Å²) in [4.78, 5) is 22.5. The number of aliphatic imine (C=N–C) groups is 2. The van der Waals surface area contributed by atoms with Crippen molar-refractivity contribution in [1.29, 1.82) is 0 Å². The summed E-state index contributed by atoms with van der Waals surface area (Å²) in [6.07, 6.45) is 0.568. The first-order valence-electron chi connectivity index (χ1n) is 10.7. The lowest BCUT2D eigenvalue weighted by molar-refractivity contribution is -0.113. The van der Waals surface area contributed by atoms with Gasteiger partial charge >= 0.3 is 0 Å². The lowest BCUT2D eigenvalue weighted by Crippen LogP contribution is -2.16. The zero-order valence-electron chi connectivity index (χ0n) is 18.4. The molecular weight excluding hydrogens is 434 g/mol. The maximum Gasteiger partial charge on any atom is 0.234 e. The van der Waals surface area contributed by atoms with Gasteiger partial charge in [-0.3, -0.25) is 9.79 Å². The average molecular weight is 458 g/mol. The molecule has 33 heavy (non-hydrogen) atoms. The molecule has 0 bridgehead atoms. The Morgan fingerprint density at radius 1 is 0.939 bits per heavy atom. The zero-order chi connectivity index (χ0) is 22.8. The van der Waals surface area contributed by atoms with Gasteiger partial charge in [-0.15, -0.1) is 11.8 Å². The van der Waals surface area contributed by atoms with E-state index in [0.717, 1.165) is 27.7 Å². The predicted octanol–water partition coefficient (Wildman–Crippen LogP) is 5.96. The van der Waals surface area contributed by atoms with E-state index in [-0.39, 0.29) is 18.5 Å². The fourth-order valence-electron chi connectivity index (χ4n) is 3.67. The number of hydrogen-bond acceptors (Lipinski definition) is 6. The molecule has 3 aromatic carbocycles. The van der Waals surface area contributed by atoms with Crippen molar-refractivity contribution in [1.82, 2.24) is 0 Å². The van der Waals surface area contributed by atoms with Crippen LogP contribution in [0.5, 0.6) is 11.5 Å². The van der Waals surface area contributed by atoms with Gasteiger partial charge in [0, 0.05) is 18.2 Å². The number of rotatable bonds is 4. The highest BCUT2D eigenvalue weighted by Crippen LogP contribution is 2.36. The molecule has 3 aromatic rings. The van der Waals surface area contributed by atoms with Gasteiger partial charge in [0.05, 0.1) is 27.9 Å². The summed E-state index contributed by atoms with van der Waals surface area (Å²) < 4.78 is 10.7. The summed E-state index contributed by atoms with van der Waals surface area (Å²) in [5, 5.41) is 3.79. The molecule has 0 saturated carbocycles. The van der Waals surface area contributed by atoms with Gasteiger partial charge < -0.3 is 14.8 Å². The molecule has 1 N–H and O–H groups in total. The standard InChI is InChI=1S/C26H23N3O3S/c1-16-10-21-22(11-17(16)2)29-26(13-20(28-21)18-6-4-3-5-7-18)33-14-25(30)27-19-8-9-23-24(12-19)32-15-31-23/h3-12H,13-15H2,1-2H3,(H,27,30). The Morgan fingerprint density at radius 3 is 2.45 bits per heavy atom. The molecule has 0 spiro atoms. The monoisotopic (exact) mass is 457 g/mol. The maximum absolute atomic E-state index is 12.6. The third-order valence-corrected chi connectivity index (χ3v) is 6.52. The summed E-state index contributed by atoms with van der Waals surface area (Å²) in [6, 6.07) is 19.6. The lowest BCUT2D eigenvalue weighted by Gasteiger charge is -2.09. The van der Waals surface area contributed by atoms with Gasteiger partial charge in [-0.25, -0.2) is 4.99 Å². The SMILES string of the molecule is Cc1cc2c(cc1C)N=C(c1ccccc1)CC(SCC(=O)Nc1ccc3c(c1)OCO3)=N2. The smallest absolute Gasteiger partial charge is 0.234 e. The Morgan fingerprint density at radius 2 is 1.67 bits per heavy atom. The van der Waals surface area contributed by atoms with E-state index in [9.17, 15) is 4.79 Å². The van der Waals surface area contributed by atoms with Crippen LogP contribution in [0, 0.1) is 13.8 Å². The van der Waals surface area contributed by atoms with Crippen LogP contribution in [0.25, 0.3) is 0 Å². The second-order valence-corrected chi connectivity index (χ2v) is 8.99. The lowest BCUT2D eigenvalue weighted by atomic mass is 10.1. The first-order chi connectivity index (χ1) is 16.0. The number of aryl methyl sites for hydroxylation is 2. The first kappa shape index (κ1) is 21.3. The number of benzene rings is 3. The van der Waals surface area contributed by atoms with Crippen molar-refractivity contribution in [2.24, 2.45) is 9.98 Å². The molecule has 1 amide bonds.